The second-order valence-corrected chi connectivity index (χ2v) is 11.3. The quantitative estimate of drug-likeness (QED) is 0.373. The predicted molar refractivity (Wildman–Crippen MR) is 150 cm³/mol. The molecule has 0 spiro atoms. The maximum Gasteiger partial charge on any atom is 0.239 e. The number of carbonyl (C=O) groups is 2. The van der Waals surface area contributed by atoms with Crippen molar-refractivity contribution < 1.29 is 9.59 Å². The highest BCUT2D eigenvalue weighted by Gasteiger charge is 2.42. The molecule has 1 amide bonds. The molecule has 7 heteroatoms. The van der Waals surface area contributed by atoms with Gasteiger partial charge in [-0.25, -0.2) is 0 Å². The van der Waals surface area contributed by atoms with Gasteiger partial charge in [-0.2, -0.15) is 0 Å². The summed E-state index contributed by atoms with van der Waals surface area (Å²) in [4.78, 5) is 29.1. The van der Waals surface area contributed by atoms with Gasteiger partial charge >= 0.3 is 0 Å². The third kappa shape index (κ3) is 5.39. The lowest BCUT2D eigenvalue weighted by molar-refractivity contribution is -0.120. The summed E-state index contributed by atoms with van der Waals surface area (Å²) in [5.41, 5.74) is 4.76. The van der Waals surface area contributed by atoms with E-state index >= 15 is 0 Å². The van der Waals surface area contributed by atoms with E-state index in [1.165, 1.54) is 0 Å². The molecule has 0 aromatic heterocycles. The zero-order valence-electron chi connectivity index (χ0n) is 20.9. The van der Waals surface area contributed by atoms with Crippen molar-refractivity contribution in [3.8, 4) is 0 Å². The maximum absolute atomic E-state index is 13.8. The first-order chi connectivity index (χ1) is 17.7. The first-order valence-corrected chi connectivity index (χ1v) is 13.1. The zero-order chi connectivity index (χ0) is 26.2. The minimum absolute atomic E-state index is 0.0442. The first-order valence-electron chi connectivity index (χ1n) is 12.4. The van der Waals surface area contributed by atoms with Crippen molar-refractivity contribution in [2.75, 3.05) is 16.8 Å². The van der Waals surface area contributed by atoms with E-state index in [1.807, 2.05) is 65.6 Å². The van der Waals surface area contributed by atoms with Crippen molar-refractivity contribution in [1.82, 2.24) is 5.32 Å². The lowest BCUT2D eigenvalue weighted by Gasteiger charge is -2.38. The molecule has 5 rings (SSSR count). The van der Waals surface area contributed by atoms with Crippen molar-refractivity contribution in [3.63, 3.8) is 0 Å². The smallest absolute Gasteiger partial charge is 0.239 e. The topological polar surface area (TPSA) is 61.4 Å². The van der Waals surface area contributed by atoms with Crippen LogP contribution in [0, 0.1) is 5.41 Å². The number of para-hydroxylation sites is 2. The third-order valence-electron chi connectivity index (χ3n) is 6.91. The van der Waals surface area contributed by atoms with Gasteiger partial charge < -0.3 is 15.5 Å². The summed E-state index contributed by atoms with van der Waals surface area (Å²) < 4.78 is 0. The number of amides is 1. The molecular formula is C30H29Cl2N3O2. The molecule has 0 radical (unpaired) electrons. The van der Waals surface area contributed by atoms with E-state index in [4.69, 9.17) is 23.2 Å². The van der Waals surface area contributed by atoms with Crippen molar-refractivity contribution in [2.24, 2.45) is 5.41 Å². The van der Waals surface area contributed by atoms with E-state index in [0.29, 0.717) is 35.0 Å². The minimum Gasteiger partial charge on any atom is -0.357 e. The van der Waals surface area contributed by atoms with E-state index in [2.05, 4.69) is 24.5 Å². The second-order valence-electron chi connectivity index (χ2n) is 10.4. The average molecular weight is 534 g/mol. The molecule has 1 atom stereocenters. The Hall–Kier alpha value is -3.28. The fraction of sp³-hybridized carbons (Fsp3) is 0.267. The molecular weight excluding hydrogens is 505 g/mol. The number of Topliss-reactive ketones (excluding diaryl/α,β-unsaturated/α-hetero) is 1. The Kier molecular flexibility index (Phi) is 7.02. The van der Waals surface area contributed by atoms with Gasteiger partial charge in [-0.15, -0.1) is 0 Å². The number of rotatable bonds is 5. The standard InChI is InChI=1S/C30H29Cl2N3O2/c1-30(2)15-24-28(26(36)16-30)29(21-13-12-20(31)14-22(21)32)35(25-11-7-6-10-23(25)34-24)18-27(37)33-17-19-8-4-3-5-9-19/h3-14,29,34H,15-18H2,1-2H3,(H,33,37). The summed E-state index contributed by atoms with van der Waals surface area (Å²) in [6.07, 6.45) is 1.12. The summed E-state index contributed by atoms with van der Waals surface area (Å²) in [6.45, 7) is 4.67. The number of ketones is 1. The van der Waals surface area contributed by atoms with Crippen LogP contribution in [0.4, 0.5) is 11.4 Å². The van der Waals surface area contributed by atoms with E-state index in [-0.39, 0.29) is 23.7 Å². The highest BCUT2D eigenvalue weighted by Crippen LogP contribution is 2.49. The highest BCUT2D eigenvalue weighted by molar-refractivity contribution is 6.35. The number of benzene rings is 3. The summed E-state index contributed by atoms with van der Waals surface area (Å²) in [5, 5.41) is 7.56. The molecule has 2 aliphatic rings. The number of allylic oxidation sites excluding steroid dienone is 1. The highest BCUT2D eigenvalue weighted by atomic mass is 35.5. The summed E-state index contributed by atoms with van der Waals surface area (Å²) >= 11 is 13.0. The van der Waals surface area contributed by atoms with Crippen LogP contribution >= 0.6 is 23.2 Å². The molecule has 5 nitrogen and oxygen atoms in total. The molecule has 0 bridgehead atoms. The number of anilines is 2. The average Bonchev–Trinajstić information content (AvgIpc) is 2.97. The maximum atomic E-state index is 13.8. The Labute approximate surface area is 227 Å². The van der Waals surface area contributed by atoms with Gasteiger partial charge in [-0.3, -0.25) is 9.59 Å². The third-order valence-corrected chi connectivity index (χ3v) is 7.47. The van der Waals surface area contributed by atoms with Crippen molar-refractivity contribution in [2.45, 2.75) is 39.3 Å². The fourth-order valence-corrected chi connectivity index (χ4v) is 5.79. The van der Waals surface area contributed by atoms with Crippen molar-refractivity contribution in [3.05, 3.63) is 105 Å². The van der Waals surface area contributed by atoms with Crippen LogP contribution in [-0.2, 0) is 16.1 Å². The molecule has 0 saturated heterocycles. The Morgan fingerprint density at radius 2 is 1.76 bits per heavy atom. The van der Waals surface area contributed by atoms with Crippen LogP contribution in [-0.4, -0.2) is 18.2 Å². The lowest BCUT2D eigenvalue weighted by Crippen LogP contribution is -2.42. The summed E-state index contributed by atoms with van der Waals surface area (Å²) in [7, 11) is 0. The van der Waals surface area contributed by atoms with Crippen LogP contribution in [0.3, 0.4) is 0 Å². The van der Waals surface area contributed by atoms with Crippen LogP contribution in [0.15, 0.2) is 84.1 Å². The van der Waals surface area contributed by atoms with Crippen LogP contribution in [0.25, 0.3) is 0 Å². The van der Waals surface area contributed by atoms with Gasteiger partial charge in [0.15, 0.2) is 5.78 Å². The predicted octanol–water partition coefficient (Wildman–Crippen LogP) is 6.93. The van der Waals surface area contributed by atoms with Gasteiger partial charge in [0.25, 0.3) is 0 Å². The van der Waals surface area contributed by atoms with Crippen LogP contribution < -0.4 is 15.5 Å². The monoisotopic (exact) mass is 533 g/mol. The zero-order valence-corrected chi connectivity index (χ0v) is 22.4. The number of hydrogen-bond donors (Lipinski definition) is 2. The van der Waals surface area contributed by atoms with E-state index in [1.54, 1.807) is 12.1 Å². The number of nitrogens with one attached hydrogen (secondary N) is 2. The van der Waals surface area contributed by atoms with Gasteiger partial charge in [-0.1, -0.05) is 85.6 Å². The molecule has 1 aliphatic carbocycles. The Morgan fingerprint density at radius 3 is 2.51 bits per heavy atom. The van der Waals surface area contributed by atoms with Crippen LogP contribution in [0.1, 0.15) is 43.9 Å². The number of halogens is 2. The molecule has 3 aromatic rings. The van der Waals surface area contributed by atoms with Crippen LogP contribution in [0.2, 0.25) is 10.0 Å². The summed E-state index contributed by atoms with van der Waals surface area (Å²) in [5.74, 6) is -0.0985. The van der Waals surface area contributed by atoms with Crippen molar-refractivity contribution in [1.29, 1.82) is 0 Å². The Balaban J connectivity index is 1.61. The van der Waals surface area contributed by atoms with E-state index in [0.717, 1.165) is 28.2 Å². The lowest BCUT2D eigenvalue weighted by atomic mass is 9.73. The van der Waals surface area contributed by atoms with Gasteiger partial charge in [0.2, 0.25) is 5.91 Å². The molecule has 37 heavy (non-hydrogen) atoms. The summed E-state index contributed by atoms with van der Waals surface area (Å²) in [6, 6.07) is 22.4. The normalized spacial score (nSPS) is 18.4. The molecule has 3 aromatic carbocycles. The van der Waals surface area contributed by atoms with Crippen LogP contribution in [0.5, 0.6) is 0 Å². The molecule has 0 fully saturated rings. The molecule has 2 N–H and O–H groups in total. The number of fused-ring (bicyclic) bond motifs is 1. The molecule has 0 saturated carbocycles. The largest absolute Gasteiger partial charge is 0.357 e. The van der Waals surface area contributed by atoms with Gasteiger partial charge in [0, 0.05) is 34.3 Å². The van der Waals surface area contributed by atoms with Crippen molar-refractivity contribution >= 4 is 46.3 Å². The number of nitrogens with zero attached hydrogens (tertiary/aromatic N) is 1. The SMILES string of the molecule is CC1(C)CC(=O)C2=C(C1)Nc1ccccc1N(CC(=O)NCc1ccccc1)C2c1ccc(Cl)cc1Cl. The van der Waals surface area contributed by atoms with Gasteiger partial charge in [-0.05, 0) is 47.2 Å². The number of hydrogen-bond acceptors (Lipinski definition) is 4. The van der Waals surface area contributed by atoms with Gasteiger partial charge in [0.05, 0.1) is 24.0 Å². The van der Waals surface area contributed by atoms with E-state index < -0.39 is 6.04 Å². The Morgan fingerprint density at radius 1 is 1.03 bits per heavy atom. The van der Waals surface area contributed by atoms with Gasteiger partial charge in [0.1, 0.15) is 0 Å². The number of carbonyl (C=O) groups excluding carboxylic acids is 2. The first kappa shape index (κ1) is 25.4. The Bertz CT molecular complexity index is 1380. The van der Waals surface area contributed by atoms with E-state index in [9.17, 15) is 9.59 Å². The second kappa shape index (κ2) is 10.2. The fourth-order valence-electron chi connectivity index (χ4n) is 5.28. The molecule has 1 aliphatic heterocycles. The minimum atomic E-state index is -0.554. The molecule has 1 heterocycles. The molecule has 190 valence electrons. The molecule has 1 unspecified atom stereocenters.